The summed E-state index contributed by atoms with van der Waals surface area (Å²) in [7, 11) is 3.40. The highest BCUT2D eigenvalue weighted by Gasteiger charge is 2.61. The summed E-state index contributed by atoms with van der Waals surface area (Å²) in [5, 5.41) is 26.6. The van der Waals surface area contributed by atoms with E-state index in [1.165, 1.54) is 21.6 Å². The summed E-state index contributed by atoms with van der Waals surface area (Å²) >= 11 is 1.44. The second-order valence-corrected chi connectivity index (χ2v) is 10.8. The van der Waals surface area contributed by atoms with Crippen molar-refractivity contribution < 1.29 is 24.3 Å². The minimum Gasteiger partial charge on any atom is -0.477 e. The zero-order valence-electron chi connectivity index (χ0n) is 20.5. The smallest absolute Gasteiger partial charge is 0.353 e. The molecule has 1 unspecified atom stereocenters. The number of rotatable bonds is 9. The van der Waals surface area contributed by atoms with Crippen LogP contribution in [0.2, 0.25) is 0 Å². The fraction of sp³-hybridized carbons (Fsp3) is 0.667. The molecule has 0 spiro atoms. The van der Waals surface area contributed by atoms with Crippen LogP contribution in [0.4, 0.5) is 5.95 Å². The van der Waals surface area contributed by atoms with Crippen molar-refractivity contribution in [3.05, 3.63) is 10.6 Å². The molecule has 0 aromatic carbocycles. The van der Waals surface area contributed by atoms with Gasteiger partial charge in [0.25, 0.3) is 0 Å². The predicted octanol–water partition coefficient (Wildman–Crippen LogP) is -1.53. The van der Waals surface area contributed by atoms with Crippen molar-refractivity contribution in [2.24, 2.45) is 11.8 Å². The standard InChI is InChI=1S/C21H31N9O5S/c1-5-11-15-14(9(2)24-13(31)8-29-21(22)25-26-27-29)19(33)30(15)16(20(34)35)17(11)36-10-6-12(23-7-10)18(32)28(3)4/h9-12,14-15,23H,5-8H2,1-4H3,(H,24,31)(H,34,35)(H2,22,25,27)/t9-,10+,11-,12+,14-,15?/m1/s1. The van der Waals surface area contributed by atoms with Crippen LogP contribution in [0.25, 0.3) is 0 Å². The summed E-state index contributed by atoms with van der Waals surface area (Å²) in [6, 6.07) is -1.21. The Morgan fingerprint density at radius 2 is 2.08 bits per heavy atom. The van der Waals surface area contributed by atoms with Crippen LogP contribution in [-0.2, 0) is 25.7 Å². The Morgan fingerprint density at radius 1 is 1.36 bits per heavy atom. The molecular formula is C21H31N9O5S. The minimum atomic E-state index is -1.15. The average molecular weight is 522 g/mol. The number of thioether (sulfide) groups is 1. The number of nitrogens with zero attached hydrogens (tertiary/aromatic N) is 6. The highest BCUT2D eigenvalue weighted by molar-refractivity contribution is 8.03. The van der Waals surface area contributed by atoms with Crippen LogP contribution in [0.15, 0.2) is 10.6 Å². The third-order valence-corrected chi connectivity index (χ3v) is 8.40. The molecule has 14 nitrogen and oxygen atoms in total. The molecule has 2 saturated heterocycles. The van der Waals surface area contributed by atoms with Crippen molar-refractivity contribution in [1.29, 1.82) is 0 Å². The summed E-state index contributed by atoms with van der Waals surface area (Å²) in [6.07, 6.45) is 1.20. The zero-order valence-corrected chi connectivity index (χ0v) is 21.4. The third-order valence-electron chi connectivity index (χ3n) is 6.96. The fourth-order valence-electron chi connectivity index (χ4n) is 5.28. The van der Waals surface area contributed by atoms with E-state index < -0.39 is 23.8 Å². The number of nitrogen functional groups attached to an aromatic ring is 1. The average Bonchev–Trinajstić information content (AvgIpc) is 3.50. The Hall–Kier alpha value is -3.20. The van der Waals surface area contributed by atoms with Gasteiger partial charge in [-0.3, -0.25) is 14.4 Å². The van der Waals surface area contributed by atoms with Crippen molar-refractivity contribution in [1.82, 2.24) is 40.6 Å². The second-order valence-electron chi connectivity index (χ2n) is 9.48. The molecular weight excluding hydrogens is 490 g/mol. The van der Waals surface area contributed by atoms with Crippen LogP contribution in [-0.4, -0.2) is 103 Å². The van der Waals surface area contributed by atoms with Crippen LogP contribution in [0.1, 0.15) is 26.7 Å². The SMILES string of the molecule is CC[C@H]1C(S[C@@H]2CN[C@H](C(=O)N(C)C)C2)=C(C(=O)O)N2C(=O)[C@H]([C@@H](C)NC(=O)Cn3nnnc3N)C12. The number of carbonyl (C=O) groups is 4. The van der Waals surface area contributed by atoms with E-state index >= 15 is 0 Å². The van der Waals surface area contributed by atoms with Gasteiger partial charge < -0.3 is 31.3 Å². The van der Waals surface area contributed by atoms with E-state index in [0.29, 0.717) is 24.3 Å². The Kier molecular flexibility index (Phi) is 7.22. The predicted molar refractivity (Wildman–Crippen MR) is 129 cm³/mol. The molecule has 5 N–H and O–H groups in total. The van der Waals surface area contributed by atoms with Crippen molar-refractivity contribution in [3.63, 3.8) is 0 Å². The lowest BCUT2D eigenvalue weighted by Gasteiger charge is -2.48. The molecule has 1 aromatic rings. The highest BCUT2D eigenvalue weighted by atomic mass is 32.2. The quantitative estimate of drug-likeness (QED) is 0.276. The molecule has 0 bridgehead atoms. The van der Waals surface area contributed by atoms with Gasteiger partial charge in [-0.25, -0.2) is 9.48 Å². The van der Waals surface area contributed by atoms with Gasteiger partial charge >= 0.3 is 5.97 Å². The summed E-state index contributed by atoms with van der Waals surface area (Å²) in [5.74, 6) is -2.65. The number of hydrogen-bond acceptors (Lipinski definition) is 10. The number of anilines is 1. The molecule has 4 rings (SSSR count). The number of tetrazole rings is 1. The maximum Gasteiger partial charge on any atom is 0.353 e. The largest absolute Gasteiger partial charge is 0.477 e. The van der Waals surface area contributed by atoms with Crippen LogP contribution in [0.3, 0.4) is 0 Å². The van der Waals surface area contributed by atoms with E-state index in [1.54, 1.807) is 21.0 Å². The van der Waals surface area contributed by atoms with E-state index in [9.17, 15) is 24.3 Å². The Morgan fingerprint density at radius 3 is 2.67 bits per heavy atom. The lowest BCUT2D eigenvalue weighted by Crippen LogP contribution is -2.66. The second kappa shape index (κ2) is 10.0. The van der Waals surface area contributed by atoms with E-state index in [0.717, 1.165) is 4.68 Å². The van der Waals surface area contributed by atoms with E-state index in [4.69, 9.17) is 5.73 Å². The molecule has 1 aromatic heterocycles. The zero-order chi connectivity index (χ0) is 26.3. The maximum absolute atomic E-state index is 13.2. The molecule has 6 atom stereocenters. The Labute approximate surface area is 212 Å². The molecule has 3 amide bonds. The molecule has 15 heteroatoms. The topological polar surface area (TPSA) is 189 Å². The summed E-state index contributed by atoms with van der Waals surface area (Å²) < 4.78 is 1.14. The number of likely N-dealkylation sites (N-methyl/N-ethyl adjacent to an activating group) is 1. The van der Waals surface area contributed by atoms with Crippen LogP contribution in [0, 0.1) is 11.8 Å². The van der Waals surface area contributed by atoms with Gasteiger partial charge in [-0.05, 0) is 30.2 Å². The molecule has 196 valence electrons. The third kappa shape index (κ3) is 4.52. The first kappa shape index (κ1) is 25.9. The molecule has 4 heterocycles. The summed E-state index contributed by atoms with van der Waals surface area (Å²) in [4.78, 5) is 53.9. The number of carboxylic acid groups (broad SMARTS) is 1. The summed E-state index contributed by atoms with van der Waals surface area (Å²) in [5.41, 5.74) is 5.62. The Balaban J connectivity index is 1.48. The molecule has 0 aliphatic carbocycles. The van der Waals surface area contributed by atoms with Gasteiger partial charge in [0.2, 0.25) is 23.7 Å². The number of nitrogens with one attached hydrogen (secondary N) is 2. The van der Waals surface area contributed by atoms with Crippen molar-refractivity contribution >= 4 is 41.4 Å². The van der Waals surface area contributed by atoms with E-state index in [1.807, 2.05) is 6.92 Å². The van der Waals surface area contributed by atoms with Gasteiger partial charge in [0, 0.05) is 42.8 Å². The van der Waals surface area contributed by atoms with Gasteiger partial charge in [0.1, 0.15) is 12.2 Å². The normalized spacial score (nSPS) is 28.1. The minimum absolute atomic E-state index is 0.00146. The molecule has 2 fully saturated rings. The molecule has 0 saturated carbocycles. The van der Waals surface area contributed by atoms with Gasteiger partial charge in [0.05, 0.1) is 18.0 Å². The lowest BCUT2D eigenvalue weighted by atomic mass is 9.76. The number of aromatic nitrogens is 4. The van der Waals surface area contributed by atoms with Crippen LogP contribution in [0.5, 0.6) is 0 Å². The lowest BCUT2D eigenvalue weighted by molar-refractivity contribution is -0.159. The first-order valence-corrected chi connectivity index (χ1v) is 12.7. The number of nitrogens with two attached hydrogens (primary N) is 1. The number of carboxylic acids is 1. The fourth-order valence-corrected chi connectivity index (χ4v) is 6.89. The molecule has 3 aliphatic rings. The molecule has 36 heavy (non-hydrogen) atoms. The van der Waals surface area contributed by atoms with Crippen molar-refractivity contribution in [3.8, 4) is 0 Å². The first-order valence-electron chi connectivity index (χ1n) is 11.8. The van der Waals surface area contributed by atoms with Gasteiger partial charge in [-0.2, -0.15) is 0 Å². The number of carbonyl (C=O) groups excluding carboxylic acids is 3. The number of amides is 3. The Bertz CT molecular complexity index is 1110. The molecule has 3 aliphatic heterocycles. The van der Waals surface area contributed by atoms with Gasteiger partial charge in [0.15, 0.2) is 0 Å². The first-order chi connectivity index (χ1) is 17.0. The maximum atomic E-state index is 13.2. The number of aliphatic carboxylic acids is 1. The number of β-lactam (4-membered cyclic amide) rings is 1. The van der Waals surface area contributed by atoms with Gasteiger partial charge in [-0.1, -0.05) is 12.0 Å². The number of hydrogen-bond donors (Lipinski definition) is 4. The number of fused-ring (bicyclic) bond motifs is 1. The van der Waals surface area contributed by atoms with Crippen LogP contribution < -0.4 is 16.4 Å². The van der Waals surface area contributed by atoms with Crippen LogP contribution >= 0.6 is 11.8 Å². The van der Waals surface area contributed by atoms with Gasteiger partial charge in [-0.15, -0.1) is 11.8 Å². The highest BCUT2D eigenvalue weighted by Crippen LogP contribution is 2.53. The summed E-state index contributed by atoms with van der Waals surface area (Å²) in [6.45, 7) is 4.06. The van der Waals surface area contributed by atoms with E-state index in [2.05, 4.69) is 26.2 Å². The van der Waals surface area contributed by atoms with Crippen molar-refractivity contribution in [2.75, 3.05) is 26.4 Å². The van der Waals surface area contributed by atoms with E-state index in [-0.39, 0.29) is 53.3 Å². The molecule has 0 radical (unpaired) electrons. The monoisotopic (exact) mass is 521 g/mol. The van der Waals surface area contributed by atoms with Crippen molar-refractivity contribution in [2.45, 2.75) is 56.6 Å².